The molecule has 0 amide bonds. The number of hydrogen-bond acceptors (Lipinski definition) is 6. The molecule has 3 rings (SSSR count). The van der Waals surface area contributed by atoms with Gasteiger partial charge in [-0.2, -0.15) is 5.26 Å². The number of anilines is 2. The quantitative estimate of drug-likeness (QED) is 0.594. The minimum Gasteiger partial charge on any atom is -0.670 e. The number of halogens is 3. The van der Waals surface area contributed by atoms with E-state index in [1.807, 2.05) is 12.1 Å². The molecule has 0 spiro atoms. The maximum Gasteiger partial charge on any atom is 0.381 e. The average Bonchev–Trinajstić information content (AvgIpc) is 2.76. The summed E-state index contributed by atoms with van der Waals surface area (Å²) in [5.74, 6) is -1.52. The van der Waals surface area contributed by atoms with E-state index in [-0.39, 0.29) is 48.9 Å². The molecule has 0 aliphatic carbocycles. The second kappa shape index (κ2) is 13.1. The van der Waals surface area contributed by atoms with Crippen molar-refractivity contribution in [3.05, 3.63) is 63.2 Å². The van der Waals surface area contributed by atoms with Gasteiger partial charge in [0.25, 0.3) is 0 Å². The van der Waals surface area contributed by atoms with Gasteiger partial charge in [-0.15, -0.1) is 13.1 Å². The molecule has 6 nitrogen and oxygen atoms in total. The number of hydrogen-bond donors (Lipinski definition) is 1. The van der Waals surface area contributed by atoms with Crippen LogP contribution in [-0.4, -0.2) is 32.1 Å². The summed E-state index contributed by atoms with van der Waals surface area (Å²) in [6.07, 6.45) is 0. The Morgan fingerprint density at radius 1 is 1.33 bits per heavy atom. The first-order valence-corrected chi connectivity index (χ1v) is 9.29. The van der Waals surface area contributed by atoms with Crippen LogP contribution in [0.5, 0.6) is 0 Å². The SMILES string of the molecule is Cc1c(N2CC[N-]CC2)ccc(C#N)c1F.O=C(OF)c1ccc(N[S-])cc1Cl.[Y]. The predicted octanol–water partition coefficient (Wildman–Crippen LogP) is 4.45. The summed E-state index contributed by atoms with van der Waals surface area (Å²) in [5.41, 5.74) is 2.06. The van der Waals surface area contributed by atoms with E-state index < -0.39 is 11.8 Å². The van der Waals surface area contributed by atoms with Crippen LogP contribution in [0.4, 0.5) is 20.3 Å². The molecule has 2 aromatic carbocycles. The molecule has 0 aromatic heterocycles. The molecule has 0 unspecified atom stereocenters. The van der Waals surface area contributed by atoms with Crippen molar-refractivity contribution in [1.29, 1.82) is 5.26 Å². The van der Waals surface area contributed by atoms with Crippen LogP contribution in [-0.2, 0) is 50.5 Å². The van der Waals surface area contributed by atoms with E-state index in [0.29, 0.717) is 11.3 Å². The Labute approximate surface area is 209 Å². The number of nitrogens with zero attached hydrogens (tertiary/aromatic N) is 3. The summed E-state index contributed by atoms with van der Waals surface area (Å²) in [7, 11) is 0. The molecule has 1 saturated heterocycles. The van der Waals surface area contributed by atoms with Crippen LogP contribution in [0.3, 0.4) is 0 Å². The molecule has 0 bridgehead atoms. The van der Waals surface area contributed by atoms with Crippen LogP contribution in [0.15, 0.2) is 30.3 Å². The first-order valence-electron chi connectivity index (χ1n) is 8.51. The zero-order chi connectivity index (χ0) is 21.4. The fourth-order valence-electron chi connectivity index (χ4n) is 2.74. The van der Waals surface area contributed by atoms with E-state index in [9.17, 15) is 13.7 Å². The maximum atomic E-state index is 13.7. The summed E-state index contributed by atoms with van der Waals surface area (Å²) >= 11 is 10.1. The Kier molecular flexibility index (Phi) is 11.6. The number of benzene rings is 2. The van der Waals surface area contributed by atoms with Crippen LogP contribution in [0.2, 0.25) is 5.02 Å². The van der Waals surface area contributed by atoms with Gasteiger partial charge in [-0.3, -0.25) is 0 Å². The zero-order valence-corrected chi connectivity index (χ0v) is 20.4. The van der Waals surface area contributed by atoms with E-state index in [1.54, 1.807) is 13.0 Å². The fraction of sp³-hybridized carbons (Fsp3) is 0.263. The maximum absolute atomic E-state index is 13.7. The Bertz CT molecular complexity index is 924. The standard InChI is InChI=1S/C12H13FN3.C7H4ClFNO2S.Y/c1-9-11(16-6-4-15-5-7-16)3-2-10(8-14)12(9)13;8-6-3-4(10-13)1-2-5(6)7(11)12-9;/h2-3H,4-7H2,1H3;1-3,10H;/q2*-1;. The van der Waals surface area contributed by atoms with Crippen LogP contribution < -0.4 is 9.62 Å². The molecule has 1 aliphatic heterocycles. The summed E-state index contributed by atoms with van der Waals surface area (Å²) in [5, 5.41) is 13.1. The third-order valence-corrected chi connectivity index (χ3v) is 4.80. The summed E-state index contributed by atoms with van der Waals surface area (Å²) in [4.78, 5) is 15.8. The number of carbonyl (C=O) groups excluding carboxylic acids is 1. The van der Waals surface area contributed by atoms with Gasteiger partial charge in [-0.25, -0.2) is 14.1 Å². The molecule has 30 heavy (non-hydrogen) atoms. The second-order valence-electron chi connectivity index (χ2n) is 6.00. The molecule has 157 valence electrons. The third kappa shape index (κ3) is 6.79. The summed E-state index contributed by atoms with van der Waals surface area (Å²) in [6, 6.07) is 9.43. The van der Waals surface area contributed by atoms with E-state index in [2.05, 4.69) is 32.7 Å². The van der Waals surface area contributed by atoms with Crippen molar-refractivity contribution in [3.8, 4) is 6.07 Å². The van der Waals surface area contributed by atoms with E-state index in [4.69, 9.17) is 16.9 Å². The third-order valence-electron chi connectivity index (χ3n) is 4.25. The normalized spacial score (nSPS) is 12.6. The van der Waals surface area contributed by atoms with Gasteiger partial charge in [0.1, 0.15) is 11.9 Å². The van der Waals surface area contributed by atoms with E-state index in [1.165, 1.54) is 18.2 Å². The Morgan fingerprint density at radius 2 is 2.00 bits per heavy atom. The smallest absolute Gasteiger partial charge is 0.381 e. The van der Waals surface area contributed by atoms with E-state index >= 15 is 0 Å². The minimum absolute atomic E-state index is 0. The number of carbonyl (C=O) groups is 1. The summed E-state index contributed by atoms with van der Waals surface area (Å²) in [6.45, 7) is 4.96. The molecule has 0 saturated carbocycles. The second-order valence-corrected chi connectivity index (χ2v) is 6.61. The van der Waals surface area contributed by atoms with Crippen molar-refractivity contribution >= 4 is 41.8 Å². The Hall–Kier alpha value is -1.44. The van der Waals surface area contributed by atoms with Gasteiger partial charge < -0.3 is 27.8 Å². The molecule has 1 heterocycles. The first-order chi connectivity index (χ1) is 13.9. The van der Waals surface area contributed by atoms with E-state index in [0.717, 1.165) is 31.9 Å². The van der Waals surface area contributed by atoms with Crippen LogP contribution in [0.1, 0.15) is 21.5 Å². The monoisotopic (exact) mass is 527 g/mol. The van der Waals surface area contributed by atoms with Crippen LogP contribution in [0.25, 0.3) is 5.32 Å². The van der Waals surface area contributed by atoms with Gasteiger partial charge in [0.05, 0.1) is 16.1 Å². The molecular weight excluding hydrogens is 511 g/mol. The molecule has 2 aromatic rings. The number of nitriles is 1. The molecule has 11 heteroatoms. The Balaban J connectivity index is 0.000000297. The predicted molar refractivity (Wildman–Crippen MR) is 110 cm³/mol. The number of piperazine rings is 1. The number of rotatable bonds is 3. The van der Waals surface area contributed by atoms with Gasteiger partial charge in [-0.1, -0.05) is 11.6 Å². The number of nitrogens with one attached hydrogen (secondary N) is 1. The van der Waals surface area contributed by atoms with Crippen LogP contribution >= 0.6 is 11.6 Å². The molecule has 1 N–H and O–H groups in total. The molecular formula is C19H17ClF2N4O2SY-2. The van der Waals surface area contributed by atoms with Gasteiger partial charge in [-0.05, 0) is 50.3 Å². The average molecular weight is 528 g/mol. The molecule has 1 aliphatic rings. The van der Waals surface area contributed by atoms with Gasteiger partial charge in [0.15, 0.2) is 0 Å². The van der Waals surface area contributed by atoms with Gasteiger partial charge in [0, 0.05) is 54.2 Å². The van der Waals surface area contributed by atoms with Crippen molar-refractivity contribution < 1.29 is 51.4 Å². The minimum atomic E-state index is -1.12. The summed E-state index contributed by atoms with van der Waals surface area (Å²) < 4.78 is 27.6. The van der Waals surface area contributed by atoms with Crippen molar-refractivity contribution in [1.82, 2.24) is 0 Å². The fourth-order valence-corrected chi connectivity index (χ4v) is 3.12. The van der Waals surface area contributed by atoms with Gasteiger partial charge >= 0.3 is 5.97 Å². The first kappa shape index (κ1) is 26.6. The van der Waals surface area contributed by atoms with Crippen molar-refractivity contribution in [3.63, 3.8) is 0 Å². The topological polar surface area (TPSA) is 79.5 Å². The van der Waals surface area contributed by atoms with Crippen molar-refractivity contribution in [2.24, 2.45) is 0 Å². The largest absolute Gasteiger partial charge is 0.670 e. The molecule has 1 fully saturated rings. The Morgan fingerprint density at radius 3 is 2.53 bits per heavy atom. The molecule has 1 radical (unpaired) electrons. The molecule has 0 atom stereocenters. The van der Waals surface area contributed by atoms with Crippen LogP contribution in [0, 0.1) is 24.1 Å². The van der Waals surface area contributed by atoms with Gasteiger partial charge in [0.2, 0.25) is 0 Å². The van der Waals surface area contributed by atoms with Crippen molar-refractivity contribution in [2.75, 3.05) is 35.8 Å². The van der Waals surface area contributed by atoms with Crippen molar-refractivity contribution in [2.45, 2.75) is 6.92 Å². The zero-order valence-electron chi connectivity index (χ0n) is 16.0.